The van der Waals surface area contributed by atoms with Gasteiger partial charge < -0.3 is 40.7 Å². The average Bonchev–Trinajstić information content (AvgIpc) is 1.55. The van der Waals surface area contributed by atoms with Gasteiger partial charge >= 0.3 is 0 Å². The van der Waals surface area contributed by atoms with Crippen molar-refractivity contribution >= 4 is 197 Å². The van der Waals surface area contributed by atoms with E-state index in [1.165, 1.54) is 181 Å². The van der Waals surface area contributed by atoms with E-state index >= 15 is 0 Å². The molecule has 0 amide bonds. The summed E-state index contributed by atoms with van der Waals surface area (Å²) in [5, 5.41) is 21.6. The molecule has 0 aliphatic heterocycles. The number of nitrogens with zero attached hydrogens (tertiary/aromatic N) is 6. The zero-order chi connectivity index (χ0) is 92.4. The fourth-order valence-electron chi connectivity index (χ4n) is 22.8. The largest absolute Gasteiger partial charge is 0.456 e. The van der Waals surface area contributed by atoms with E-state index in [1.54, 1.807) is 0 Å². The molecule has 141 heavy (non-hydrogen) atoms. The summed E-state index contributed by atoms with van der Waals surface area (Å²) in [7, 11) is 0. The predicted molar refractivity (Wildman–Crippen MR) is 589 cm³/mol. The van der Waals surface area contributed by atoms with Crippen LogP contribution in [0.4, 0.5) is 0 Å². The Hall–Kier alpha value is -19.0. The molecular formula is C132H82N6O3. The van der Waals surface area contributed by atoms with Gasteiger partial charge in [-0.1, -0.05) is 340 Å². The van der Waals surface area contributed by atoms with Crippen molar-refractivity contribution in [2.45, 2.75) is 0 Å². The van der Waals surface area contributed by atoms with Crippen LogP contribution in [0.3, 0.4) is 0 Å². The van der Waals surface area contributed by atoms with E-state index in [9.17, 15) is 0 Å². The lowest BCUT2D eigenvalue weighted by atomic mass is 10.00. The lowest BCUT2D eigenvalue weighted by molar-refractivity contribution is 0.668. The summed E-state index contributed by atoms with van der Waals surface area (Å²) in [5.41, 5.74) is 36.0. The molecule has 0 N–H and O–H groups in total. The first-order valence-electron chi connectivity index (χ1n) is 48.2. The first kappa shape index (κ1) is 79.4. The van der Waals surface area contributed by atoms with E-state index in [0.29, 0.717) is 0 Å². The van der Waals surface area contributed by atoms with Crippen molar-refractivity contribution in [2.24, 2.45) is 0 Å². The van der Waals surface area contributed by atoms with Gasteiger partial charge in [0.2, 0.25) is 0 Å². The summed E-state index contributed by atoms with van der Waals surface area (Å²) in [4.78, 5) is 0. The molecule has 0 saturated heterocycles. The molecule has 9 nitrogen and oxygen atoms in total. The Labute approximate surface area is 807 Å². The molecule has 0 bridgehead atoms. The molecule has 0 aliphatic rings. The minimum Gasteiger partial charge on any atom is -0.456 e. The normalized spacial score (nSPS) is 12.0. The standard InChI is InChI=1S/2C48H30N2O.C36H22N2O/c1-2-11-31(12-3-1)32-21-23-33(24-22-32)34-13-10-14-35(29-34)49-43-18-7-4-15-37(43)41-27-28-42-38-16-5-8-19-44(38)50(48(42)47(41)49)36-25-26-40-39-17-6-9-20-45(39)51-46(40)30-36;1-2-10-31(11-3-1)32-18-20-33(21-19-32)34-22-24-35(25-23-34)49-43-15-7-4-12-37(43)41-28-29-42-38-13-5-8-16-44(38)50(48(42)47(41)49)36-26-27-40-39-14-6-9-17-45(39)51-46(40)30-36;1-2-10-23(11-3-1)37-31-15-7-4-12-25(31)29-22-34-30(21-33(29)37)26-13-5-8-16-32(26)38(34)24-18-19-28-27-14-6-9-17-35(27)39-36(28)20-24/h2*1-30H;1-22H. The van der Waals surface area contributed by atoms with Crippen molar-refractivity contribution < 1.29 is 13.3 Å². The third-order valence-corrected chi connectivity index (χ3v) is 29.2. The van der Waals surface area contributed by atoms with Crippen LogP contribution < -0.4 is 0 Å². The summed E-state index contributed by atoms with van der Waals surface area (Å²) >= 11 is 0. The highest BCUT2D eigenvalue weighted by Gasteiger charge is 2.27. The van der Waals surface area contributed by atoms with E-state index in [2.05, 4.69) is 488 Å². The minimum atomic E-state index is 0.887. The monoisotopic (exact) mass is 1800 g/mol. The average molecular weight is 1800 g/mol. The van der Waals surface area contributed by atoms with Gasteiger partial charge in [-0.25, -0.2) is 0 Å². The van der Waals surface area contributed by atoms with E-state index < -0.39 is 0 Å². The van der Waals surface area contributed by atoms with Gasteiger partial charge in [-0.3, -0.25) is 0 Å². The van der Waals surface area contributed by atoms with Crippen molar-refractivity contribution in [3.05, 3.63) is 497 Å². The van der Waals surface area contributed by atoms with Crippen LogP contribution >= 0.6 is 0 Å². The smallest absolute Gasteiger partial charge is 0.137 e. The van der Waals surface area contributed by atoms with Gasteiger partial charge in [0.25, 0.3) is 0 Å². The van der Waals surface area contributed by atoms with Crippen LogP contribution in [0.5, 0.6) is 0 Å². The number of furan rings is 3. The van der Waals surface area contributed by atoms with Gasteiger partial charge in [-0.05, 0) is 184 Å². The van der Waals surface area contributed by atoms with Crippen LogP contribution in [-0.4, -0.2) is 27.4 Å². The van der Waals surface area contributed by atoms with E-state index in [0.717, 1.165) is 94.3 Å². The second kappa shape index (κ2) is 31.8. The molecule has 31 rings (SSSR count). The number of benzene rings is 22. The zero-order valence-corrected chi connectivity index (χ0v) is 76.3. The van der Waals surface area contributed by atoms with Crippen molar-refractivity contribution in [3.8, 4) is 78.6 Å². The van der Waals surface area contributed by atoms with Crippen LogP contribution in [0.2, 0.25) is 0 Å². The van der Waals surface area contributed by atoms with E-state index in [1.807, 2.05) is 36.4 Å². The summed E-state index contributed by atoms with van der Waals surface area (Å²) in [6.45, 7) is 0. The summed E-state index contributed by atoms with van der Waals surface area (Å²) in [6.07, 6.45) is 0. The van der Waals surface area contributed by atoms with Gasteiger partial charge in [0.15, 0.2) is 0 Å². The third kappa shape index (κ3) is 12.6. The lowest BCUT2D eigenvalue weighted by Gasteiger charge is -2.14. The summed E-state index contributed by atoms with van der Waals surface area (Å²) in [6, 6.07) is 179. The highest BCUT2D eigenvalue weighted by atomic mass is 16.3. The fourth-order valence-corrected chi connectivity index (χ4v) is 22.8. The molecule has 658 valence electrons. The molecule has 0 radical (unpaired) electrons. The Bertz CT molecular complexity index is 10500. The van der Waals surface area contributed by atoms with Crippen LogP contribution in [0, 0.1) is 0 Å². The predicted octanol–water partition coefficient (Wildman–Crippen LogP) is 36.0. The van der Waals surface area contributed by atoms with E-state index in [4.69, 9.17) is 13.3 Å². The highest BCUT2D eigenvalue weighted by molar-refractivity contribution is 6.27. The minimum absolute atomic E-state index is 0.887. The quantitative estimate of drug-likeness (QED) is 0.137. The van der Waals surface area contributed by atoms with Crippen molar-refractivity contribution in [1.82, 2.24) is 27.4 Å². The van der Waals surface area contributed by atoms with Crippen molar-refractivity contribution in [3.63, 3.8) is 0 Å². The maximum atomic E-state index is 6.41. The SMILES string of the molecule is c1ccc(-c2ccc(-c3ccc(-n4c5ccccc5c5ccc6c7ccccc7n(-c7ccc8c(c7)oc7ccccc78)c6c54)cc3)cc2)cc1.c1ccc(-c2ccc(-c3cccc(-n4c5ccccc5c5ccc6c7ccccc7n(-c7ccc8c(c7)oc7ccccc78)c6c54)c3)cc2)cc1.c1ccc(-n2c3ccccc3c3cc4c(cc32)c2ccccc2n4-c2ccc3c(c2)oc2ccccc23)cc1. The molecule has 0 atom stereocenters. The molecule has 0 spiro atoms. The molecule has 22 aromatic carbocycles. The number of para-hydroxylation sites is 10. The van der Waals surface area contributed by atoms with Gasteiger partial charge in [0.05, 0.1) is 77.6 Å². The molecule has 9 heteroatoms. The van der Waals surface area contributed by atoms with Gasteiger partial charge in [-0.15, -0.1) is 0 Å². The summed E-state index contributed by atoms with van der Waals surface area (Å²) in [5.74, 6) is 0. The molecule has 0 unspecified atom stereocenters. The number of fused-ring (bicyclic) bond motifs is 29. The van der Waals surface area contributed by atoms with Crippen molar-refractivity contribution in [1.29, 1.82) is 0 Å². The fraction of sp³-hybridized carbons (Fsp3) is 0. The second-order valence-corrected chi connectivity index (χ2v) is 36.9. The Balaban J connectivity index is 0.000000102. The molecule has 0 fully saturated rings. The Kier molecular flexibility index (Phi) is 17.9. The number of hydrogen-bond acceptors (Lipinski definition) is 3. The van der Waals surface area contributed by atoms with Gasteiger partial charge in [0, 0.05) is 138 Å². The molecule has 0 aliphatic carbocycles. The van der Waals surface area contributed by atoms with Crippen molar-refractivity contribution in [2.75, 3.05) is 0 Å². The Morgan fingerprint density at radius 1 is 0.106 bits per heavy atom. The zero-order valence-electron chi connectivity index (χ0n) is 76.3. The van der Waals surface area contributed by atoms with Gasteiger partial charge in [-0.2, -0.15) is 0 Å². The molecule has 0 saturated carbocycles. The number of hydrogen-bond donors (Lipinski definition) is 0. The molecule has 9 aromatic heterocycles. The van der Waals surface area contributed by atoms with Crippen LogP contribution in [-0.2, 0) is 0 Å². The Morgan fingerprint density at radius 2 is 0.319 bits per heavy atom. The first-order chi connectivity index (χ1) is 69.9. The summed E-state index contributed by atoms with van der Waals surface area (Å²) < 4.78 is 33.6. The second-order valence-electron chi connectivity index (χ2n) is 36.9. The molecule has 9 heterocycles. The maximum Gasteiger partial charge on any atom is 0.137 e. The third-order valence-electron chi connectivity index (χ3n) is 29.2. The highest BCUT2D eigenvalue weighted by Crippen LogP contribution is 2.49. The number of rotatable bonds is 10. The van der Waals surface area contributed by atoms with E-state index in [-0.39, 0.29) is 0 Å². The molecular weight excluding hydrogens is 1720 g/mol. The first-order valence-corrected chi connectivity index (χ1v) is 48.2. The Morgan fingerprint density at radius 3 is 0.674 bits per heavy atom. The topological polar surface area (TPSA) is 69.0 Å². The van der Waals surface area contributed by atoms with Crippen LogP contribution in [0.15, 0.2) is 511 Å². The number of aromatic nitrogens is 6. The van der Waals surface area contributed by atoms with Gasteiger partial charge in [0.1, 0.15) is 33.5 Å². The maximum absolute atomic E-state index is 6.41. The van der Waals surface area contributed by atoms with Crippen LogP contribution in [0.1, 0.15) is 0 Å². The molecule has 31 aromatic rings. The van der Waals surface area contributed by atoms with Crippen LogP contribution in [0.25, 0.3) is 275 Å². The lowest BCUT2D eigenvalue weighted by Crippen LogP contribution is -1.99.